The van der Waals surface area contributed by atoms with Crippen LogP contribution in [-0.4, -0.2) is 22.5 Å². The third-order valence-electron chi connectivity index (χ3n) is 4.47. The number of nitrogens with zero attached hydrogens (tertiary/aromatic N) is 1. The number of aromatic nitrogens is 1. The number of nitrogens with one attached hydrogen (secondary N) is 1. The number of aryl methyl sites for hydroxylation is 1. The number of rotatable bonds is 3. The fraction of sp³-hybridized carbons (Fsp3) is 0.368. The van der Waals surface area contributed by atoms with Gasteiger partial charge in [0.1, 0.15) is 6.61 Å². The molecule has 1 aliphatic heterocycles. The monoisotopic (exact) mass is 326 g/mol. The summed E-state index contributed by atoms with van der Waals surface area (Å²) in [6, 6.07) is 11.2. The summed E-state index contributed by atoms with van der Waals surface area (Å²) in [5.41, 5.74) is 2.75. The Morgan fingerprint density at radius 3 is 2.83 bits per heavy atom. The van der Waals surface area contributed by atoms with Gasteiger partial charge in [0.25, 0.3) is 0 Å². The molecule has 5 nitrogen and oxygen atoms in total. The molecule has 1 aliphatic rings. The number of hydrogen-bond acceptors (Lipinski definition) is 3. The maximum absolute atomic E-state index is 12.6. The second-order valence-corrected chi connectivity index (χ2v) is 6.18. The van der Waals surface area contributed by atoms with Crippen LogP contribution in [0, 0.1) is 6.92 Å². The van der Waals surface area contributed by atoms with E-state index in [9.17, 15) is 9.59 Å². The second-order valence-electron chi connectivity index (χ2n) is 6.18. The second kappa shape index (κ2) is 7.34. The van der Waals surface area contributed by atoms with Gasteiger partial charge in [-0.3, -0.25) is 4.79 Å². The summed E-state index contributed by atoms with van der Waals surface area (Å²) in [6.07, 6.45) is 4.35. The smallest absolute Gasteiger partial charge is 0.410 e. The fourth-order valence-corrected chi connectivity index (χ4v) is 3.22. The van der Waals surface area contributed by atoms with Crippen molar-refractivity contribution in [3.8, 4) is 0 Å². The van der Waals surface area contributed by atoms with Crippen molar-refractivity contribution in [2.75, 3.05) is 6.54 Å². The molecule has 3 rings (SSSR count). The van der Waals surface area contributed by atoms with Gasteiger partial charge >= 0.3 is 6.09 Å². The number of carbonyl (C=O) groups is 1. The zero-order valence-electron chi connectivity index (χ0n) is 13.8. The molecule has 0 unspecified atom stereocenters. The topological polar surface area (TPSA) is 62.4 Å². The van der Waals surface area contributed by atoms with Crippen LogP contribution in [0.4, 0.5) is 4.79 Å². The van der Waals surface area contributed by atoms with Crippen LogP contribution in [0.15, 0.2) is 47.4 Å². The van der Waals surface area contributed by atoms with Gasteiger partial charge in [0.05, 0.1) is 6.04 Å². The molecule has 126 valence electrons. The third-order valence-corrected chi connectivity index (χ3v) is 4.47. The summed E-state index contributed by atoms with van der Waals surface area (Å²) in [6.45, 7) is 2.86. The number of likely N-dealkylation sites (tertiary alicyclic amines) is 1. The summed E-state index contributed by atoms with van der Waals surface area (Å²) in [5, 5.41) is 0. The lowest BCUT2D eigenvalue weighted by Crippen LogP contribution is -2.39. The highest BCUT2D eigenvalue weighted by atomic mass is 16.6. The number of aromatic amines is 1. The van der Waals surface area contributed by atoms with Crippen molar-refractivity contribution in [3.63, 3.8) is 0 Å². The summed E-state index contributed by atoms with van der Waals surface area (Å²) in [5.74, 6) is 0. The van der Waals surface area contributed by atoms with Crippen molar-refractivity contribution in [3.05, 3.63) is 69.6 Å². The van der Waals surface area contributed by atoms with E-state index >= 15 is 0 Å². The van der Waals surface area contributed by atoms with Crippen LogP contribution >= 0.6 is 0 Å². The van der Waals surface area contributed by atoms with Crippen LogP contribution in [0.2, 0.25) is 0 Å². The minimum Gasteiger partial charge on any atom is -0.445 e. The van der Waals surface area contributed by atoms with Gasteiger partial charge in [-0.1, -0.05) is 30.3 Å². The predicted molar refractivity (Wildman–Crippen MR) is 91.7 cm³/mol. The van der Waals surface area contributed by atoms with Gasteiger partial charge in [-0.25, -0.2) is 4.79 Å². The van der Waals surface area contributed by atoms with Gasteiger partial charge in [0.2, 0.25) is 5.56 Å². The Hall–Kier alpha value is -2.56. The zero-order valence-corrected chi connectivity index (χ0v) is 13.8. The van der Waals surface area contributed by atoms with Crippen LogP contribution in [0.1, 0.15) is 42.0 Å². The van der Waals surface area contributed by atoms with Crippen LogP contribution in [0.25, 0.3) is 0 Å². The normalized spacial score (nSPS) is 17.5. The van der Waals surface area contributed by atoms with Crippen LogP contribution in [0.5, 0.6) is 0 Å². The molecule has 1 saturated heterocycles. The molecule has 1 aromatic heterocycles. The van der Waals surface area contributed by atoms with Crippen molar-refractivity contribution in [1.82, 2.24) is 9.88 Å². The van der Waals surface area contributed by atoms with E-state index in [1.54, 1.807) is 17.2 Å². The Balaban J connectivity index is 1.74. The van der Waals surface area contributed by atoms with Gasteiger partial charge in [-0.15, -0.1) is 0 Å². The van der Waals surface area contributed by atoms with Crippen molar-refractivity contribution < 1.29 is 9.53 Å². The Morgan fingerprint density at radius 1 is 1.29 bits per heavy atom. The van der Waals surface area contributed by atoms with Crippen molar-refractivity contribution in [1.29, 1.82) is 0 Å². The van der Waals surface area contributed by atoms with Crippen molar-refractivity contribution in [2.24, 2.45) is 0 Å². The summed E-state index contributed by atoms with van der Waals surface area (Å²) in [4.78, 5) is 28.5. The number of hydrogen-bond donors (Lipinski definition) is 1. The number of amides is 1. The molecule has 0 saturated carbocycles. The summed E-state index contributed by atoms with van der Waals surface area (Å²) >= 11 is 0. The molecule has 1 aromatic carbocycles. The minimum absolute atomic E-state index is 0.0427. The van der Waals surface area contributed by atoms with Crippen LogP contribution in [0.3, 0.4) is 0 Å². The standard InChI is InChI=1S/C19H22N2O3/c1-14-11-18(22)20-12-16(14)17-9-5-6-10-21(17)19(23)24-13-15-7-3-2-4-8-15/h2-4,7-8,11-12,17H,5-6,9-10,13H2,1H3,(H,20,22)/t17-/m1/s1. The number of benzene rings is 1. The van der Waals surface area contributed by atoms with Gasteiger partial charge in [-0.05, 0) is 42.9 Å². The summed E-state index contributed by atoms with van der Waals surface area (Å²) in [7, 11) is 0. The average molecular weight is 326 g/mol. The van der Waals surface area contributed by atoms with E-state index in [-0.39, 0.29) is 24.3 Å². The Labute approximate surface area is 141 Å². The van der Waals surface area contributed by atoms with E-state index in [0.29, 0.717) is 6.54 Å². The number of H-pyrrole nitrogens is 1. The molecule has 0 spiro atoms. The zero-order chi connectivity index (χ0) is 16.9. The Bertz CT molecular complexity index is 755. The molecule has 1 N–H and O–H groups in total. The number of ether oxygens (including phenoxy) is 1. The molecular formula is C19H22N2O3. The molecule has 0 radical (unpaired) electrons. The number of pyridine rings is 1. The molecule has 2 aromatic rings. The van der Waals surface area contributed by atoms with Gasteiger partial charge in [0.15, 0.2) is 0 Å². The minimum atomic E-state index is -0.297. The molecule has 24 heavy (non-hydrogen) atoms. The highest BCUT2D eigenvalue weighted by Gasteiger charge is 2.30. The Morgan fingerprint density at radius 2 is 2.08 bits per heavy atom. The Kier molecular flexibility index (Phi) is 4.99. The molecular weight excluding hydrogens is 304 g/mol. The van der Waals surface area contributed by atoms with E-state index in [0.717, 1.165) is 36.0 Å². The molecule has 0 aliphatic carbocycles. The first-order valence-corrected chi connectivity index (χ1v) is 8.31. The molecule has 2 heterocycles. The first kappa shape index (κ1) is 16.3. The lowest BCUT2D eigenvalue weighted by Gasteiger charge is -2.35. The number of piperidine rings is 1. The maximum Gasteiger partial charge on any atom is 0.410 e. The maximum atomic E-state index is 12.6. The van der Waals surface area contributed by atoms with Gasteiger partial charge in [0, 0.05) is 18.8 Å². The highest BCUT2D eigenvalue weighted by Crippen LogP contribution is 2.32. The fourth-order valence-electron chi connectivity index (χ4n) is 3.22. The van der Waals surface area contributed by atoms with Gasteiger partial charge in [-0.2, -0.15) is 0 Å². The van der Waals surface area contributed by atoms with E-state index < -0.39 is 0 Å². The molecule has 1 atom stereocenters. The average Bonchev–Trinajstić information content (AvgIpc) is 2.61. The SMILES string of the molecule is Cc1cc(=O)[nH]cc1[C@H]1CCCCN1C(=O)OCc1ccccc1. The lowest BCUT2D eigenvalue weighted by atomic mass is 9.94. The quantitative estimate of drug-likeness (QED) is 0.938. The van der Waals surface area contributed by atoms with E-state index in [1.807, 2.05) is 37.3 Å². The third kappa shape index (κ3) is 3.67. The lowest BCUT2D eigenvalue weighted by molar-refractivity contribution is 0.0677. The summed E-state index contributed by atoms with van der Waals surface area (Å²) < 4.78 is 5.50. The number of carbonyl (C=O) groups excluding carboxylic acids is 1. The van der Waals surface area contributed by atoms with Crippen molar-refractivity contribution in [2.45, 2.75) is 38.8 Å². The van der Waals surface area contributed by atoms with Gasteiger partial charge < -0.3 is 14.6 Å². The highest BCUT2D eigenvalue weighted by molar-refractivity contribution is 5.68. The van der Waals surface area contributed by atoms with E-state index in [2.05, 4.69) is 4.98 Å². The van der Waals surface area contributed by atoms with Crippen LogP contribution in [-0.2, 0) is 11.3 Å². The van der Waals surface area contributed by atoms with Crippen molar-refractivity contribution >= 4 is 6.09 Å². The first-order chi connectivity index (χ1) is 11.6. The molecule has 0 bridgehead atoms. The molecule has 1 amide bonds. The molecule has 1 fully saturated rings. The predicted octanol–water partition coefficient (Wildman–Crippen LogP) is 3.55. The van der Waals surface area contributed by atoms with Crippen LogP contribution < -0.4 is 5.56 Å². The first-order valence-electron chi connectivity index (χ1n) is 8.31. The molecule has 5 heteroatoms. The van der Waals surface area contributed by atoms with E-state index in [1.165, 1.54) is 0 Å². The van der Waals surface area contributed by atoms with E-state index in [4.69, 9.17) is 4.74 Å². The largest absolute Gasteiger partial charge is 0.445 e.